The first-order valence-electron chi connectivity index (χ1n) is 33.5. The molecule has 8 rings (SSSR count). The summed E-state index contributed by atoms with van der Waals surface area (Å²) in [6.07, 6.45) is 4.26. The number of aromatic carboxylic acids is 1. The molecule has 1 amide bonds. The number of amides is 1. The molecule has 10 N–H and O–H groups in total. The number of hydroxylamine groups is 3. The second-order valence-corrected chi connectivity index (χ2v) is 27.5. The van der Waals surface area contributed by atoms with Crippen LogP contribution in [0.3, 0.4) is 0 Å². The number of hydrogen-bond donors (Lipinski definition) is 7. The van der Waals surface area contributed by atoms with E-state index in [-0.39, 0.29) is 48.1 Å². The number of methoxy groups -OCH3 is 4. The van der Waals surface area contributed by atoms with Gasteiger partial charge in [0.2, 0.25) is 5.91 Å². The number of rotatable bonds is 25. The van der Waals surface area contributed by atoms with Gasteiger partial charge in [0.15, 0.2) is 6.29 Å². The lowest BCUT2D eigenvalue weighted by Crippen LogP contribution is -2.25. The van der Waals surface area contributed by atoms with Gasteiger partial charge in [-0.3, -0.25) is 28.8 Å². The highest BCUT2D eigenvalue weighted by Crippen LogP contribution is 2.37. The third-order valence-electron chi connectivity index (χ3n) is 13.2. The Labute approximate surface area is 718 Å². The lowest BCUT2D eigenvalue weighted by Gasteiger charge is -2.14. The minimum Gasteiger partial charge on any atom is -0.496 e. The van der Waals surface area contributed by atoms with E-state index in [1.807, 2.05) is 109 Å². The van der Waals surface area contributed by atoms with Crippen molar-refractivity contribution in [3.05, 3.63) is 204 Å². The summed E-state index contributed by atoms with van der Waals surface area (Å²) < 4.78 is 40.8. The number of ether oxygens (including phenoxy) is 8. The predicted molar refractivity (Wildman–Crippen MR) is 459 cm³/mol. The maximum absolute atomic E-state index is 11.5. The zero-order valence-corrected chi connectivity index (χ0v) is 74.7. The predicted octanol–water partition coefficient (Wildman–Crippen LogP) is 16.5. The fraction of sp³-hybridized carbons (Fsp3) is 0.321. The molecule has 4 aromatic carbocycles. The van der Waals surface area contributed by atoms with E-state index >= 15 is 0 Å². The minimum absolute atomic E-state index is 0. The molecule has 0 spiro atoms. The van der Waals surface area contributed by atoms with Gasteiger partial charge < -0.3 is 79.5 Å². The van der Waals surface area contributed by atoms with E-state index in [1.54, 1.807) is 120 Å². The molecule has 0 aliphatic carbocycles. The number of esters is 3. The number of carboxylic acids is 5. The summed E-state index contributed by atoms with van der Waals surface area (Å²) in [4.78, 5) is 124. The molecule has 0 aliphatic rings. The number of hydrogen-bond acceptors (Lipinski definition) is 27. The number of carbonyl (C=O) groups is 11. The number of nitrogen functional groups attached to an aromatic ring is 1. The van der Waals surface area contributed by atoms with Gasteiger partial charge in [-0.25, -0.2) is 39.3 Å². The summed E-state index contributed by atoms with van der Waals surface area (Å²) in [6, 6.07) is 29.4. The van der Waals surface area contributed by atoms with Crippen molar-refractivity contribution in [2.24, 2.45) is 0 Å². The highest BCUT2D eigenvalue weighted by atomic mass is 79.9. The Hall–Kier alpha value is -9.83. The number of aryl methyl sites for hydroxylation is 5. The van der Waals surface area contributed by atoms with Crippen molar-refractivity contribution in [2.75, 3.05) is 88.9 Å². The maximum atomic E-state index is 11.5. The van der Waals surface area contributed by atoms with Crippen molar-refractivity contribution in [3.63, 3.8) is 0 Å². The lowest BCUT2D eigenvalue weighted by atomic mass is 10.1. The van der Waals surface area contributed by atoms with Crippen LogP contribution < -0.4 is 30.2 Å². The van der Waals surface area contributed by atoms with E-state index in [0.717, 1.165) is 70.4 Å². The second kappa shape index (κ2) is 69.5. The van der Waals surface area contributed by atoms with E-state index in [1.165, 1.54) is 63.6 Å². The number of aliphatic carboxylic acids is 4. The normalized spacial score (nSPS) is 9.30. The van der Waals surface area contributed by atoms with Gasteiger partial charge in [0.05, 0.1) is 104 Å². The van der Waals surface area contributed by atoms with Gasteiger partial charge in [0.1, 0.15) is 34.4 Å². The topological polar surface area (TPSA) is 454 Å². The molecule has 30 nitrogen and oxygen atoms in total. The molecule has 0 unspecified atom stereocenters. The van der Waals surface area contributed by atoms with E-state index < -0.39 is 41.7 Å². The zero-order chi connectivity index (χ0) is 87.3. The summed E-state index contributed by atoms with van der Waals surface area (Å²) in [5.41, 5.74) is 16.5. The molecule has 4 aromatic heterocycles. The van der Waals surface area contributed by atoms with E-state index in [0.29, 0.717) is 90.0 Å². The van der Waals surface area contributed by atoms with Crippen LogP contribution in [-0.4, -0.2) is 185 Å². The molecule has 116 heavy (non-hydrogen) atoms. The van der Waals surface area contributed by atoms with Gasteiger partial charge >= 0.3 is 53.2 Å². The molecule has 642 valence electrons. The molecule has 0 aliphatic heterocycles. The number of nitrogens with zero attached hydrogens (tertiary/aromatic N) is 1. The lowest BCUT2D eigenvalue weighted by molar-refractivity contribution is -0.168. The van der Waals surface area contributed by atoms with Crippen LogP contribution in [0.2, 0.25) is 0 Å². The number of anilines is 1. The maximum Gasteiger partial charge on any atom is 0.403 e. The van der Waals surface area contributed by atoms with Crippen LogP contribution in [0.15, 0.2) is 138 Å². The van der Waals surface area contributed by atoms with Crippen LogP contribution in [0.1, 0.15) is 138 Å². The zero-order valence-electron chi connectivity index (χ0n) is 66.7. The monoisotopic (exact) mass is 1870 g/mol. The molecule has 0 fully saturated rings. The Balaban J connectivity index is -0.000000394. The summed E-state index contributed by atoms with van der Waals surface area (Å²) in [7, 11) is 12.7. The number of aldehydes is 1. The number of halogens is 4. The van der Waals surface area contributed by atoms with Crippen molar-refractivity contribution in [3.8, 4) is 23.0 Å². The van der Waals surface area contributed by atoms with Crippen molar-refractivity contribution in [1.82, 2.24) is 10.5 Å². The van der Waals surface area contributed by atoms with Crippen molar-refractivity contribution in [1.29, 1.82) is 0 Å². The summed E-state index contributed by atoms with van der Waals surface area (Å²) in [5.74, 6) is -3.22. The Bertz CT molecular complexity index is 4190. The molecule has 0 atom stereocenters. The Morgan fingerprint density at radius 2 is 0.940 bits per heavy atom. The number of nitrogens with two attached hydrogens (primary N) is 1. The number of benzene rings is 4. The summed E-state index contributed by atoms with van der Waals surface area (Å²) in [5, 5.41) is 51.6. The third-order valence-corrected chi connectivity index (χ3v) is 18.8. The number of carbonyl (C=O) groups excluding carboxylic acids is 6. The molecular weight excluding hydrogens is 1770 g/mol. The third kappa shape index (κ3) is 51.2. The van der Waals surface area contributed by atoms with Crippen molar-refractivity contribution >= 4 is 178 Å². The number of para-hydroxylation sites is 4. The molecule has 8 aromatic rings. The molecule has 0 radical (unpaired) electrons. The Morgan fingerprint density at radius 3 is 1.25 bits per heavy atom. The van der Waals surface area contributed by atoms with Crippen LogP contribution in [0, 0.1) is 27.7 Å². The largest absolute Gasteiger partial charge is 0.496 e. The van der Waals surface area contributed by atoms with Crippen LogP contribution in [0.4, 0.5) is 9.80 Å². The molecular formula is C78H101Br2Cl2N3O27S4. The van der Waals surface area contributed by atoms with Gasteiger partial charge in [0.25, 0.3) is 0 Å². The summed E-state index contributed by atoms with van der Waals surface area (Å²) in [6.45, 7) is 16.1. The molecule has 0 saturated heterocycles. The average Bonchev–Trinajstić information content (AvgIpc) is 1.69. The first-order chi connectivity index (χ1) is 54.1. The Kier molecular flexibility index (Phi) is 68.7. The highest BCUT2D eigenvalue weighted by molar-refractivity contribution is 9.12. The Morgan fingerprint density at radius 1 is 0.534 bits per heavy atom. The van der Waals surface area contributed by atoms with Crippen LogP contribution in [-0.2, 0) is 65.4 Å². The van der Waals surface area contributed by atoms with Crippen molar-refractivity contribution < 1.29 is 131 Å². The SMILES string of the molecule is CCOC(=O)Cl.CCOC(=O)c1c(Br)sc(Br)c1C.CCOC(=O)c1c(C)csc1N.CCOC(=O)c1cscc1C.CNOC.COc1ccccc1/C=C/C(=O)O.COc1ccccc1C=O.COc1ccccc1CCC(=O)N(C)OC.COc1ccccc1CCC(=O)O.Cc1cscc1C(=O)O.Cl.O.O=C(O)CC(=O)O. The second-order valence-electron chi connectivity index (χ2n) is 21.1. The van der Waals surface area contributed by atoms with Crippen molar-refractivity contribution in [2.45, 2.75) is 87.5 Å². The molecule has 4 heterocycles. The number of nitrogens with one attached hydrogen (secondary N) is 1. The van der Waals surface area contributed by atoms with Crippen LogP contribution >= 0.6 is 101 Å². The van der Waals surface area contributed by atoms with Gasteiger partial charge in [-0.1, -0.05) is 66.7 Å². The first kappa shape index (κ1) is 115. The fourth-order valence-electron chi connectivity index (χ4n) is 7.71. The van der Waals surface area contributed by atoms with Gasteiger partial charge in [-0.15, -0.1) is 35.1 Å². The minimum atomic E-state index is -1.31. The average molecular weight is 1870 g/mol. The standard InChI is InChI=1S/C12H17NO3.C10H12O3.C10H10O3.C8H8Br2O2S.C8H11NO2S.C8H10O2S.C8H8O2.C6H6O2S.C3H5ClO2.C3H4O4.C2H7NO.ClH.H2O/c1-13(16-3)12(14)9-8-10-6-4-5-7-11(10)15-2;2*1-13-9-5-3-2-4-8(9)6-7-10(11)12;1-3-12-8(11)5-4(2)6(9)13-7(5)10;1-3-11-8(10)6-5(2)4-12-7(6)9;1-3-10-8(9)7-5-11-4-6(7)2;1-10-8-5-3-2-4-7(8)6-9;1-4-2-9-3-5(4)6(7)8;1-2-6-3(4)5;4-2(5)1-3(6)7;1-3-4-2;;/h4-7H,8-9H2,1-3H3;2-5H,6-7H2,1H3,(H,11,12);2-7H,1H3,(H,11,12);3H2,1-2H3;4H,3,9H2,1-2H3;4-5H,3H2,1-2H3;2-6H,1H3;2-3H,1H3,(H,7,8);2H2,1H3;1H2,(H,4,5)(H,6,7);3H,1-2H3;1H;1H2/b;;7-6+;;;;;;;;;;. The smallest absolute Gasteiger partial charge is 0.403 e. The van der Waals surface area contributed by atoms with Crippen LogP contribution in [0.25, 0.3) is 6.08 Å². The highest BCUT2D eigenvalue weighted by Gasteiger charge is 2.20. The summed E-state index contributed by atoms with van der Waals surface area (Å²) >= 11 is 17.2. The molecule has 38 heteroatoms. The molecule has 0 bridgehead atoms. The quantitative estimate of drug-likeness (QED) is 0.00531. The van der Waals surface area contributed by atoms with Gasteiger partial charge in [0, 0.05) is 60.9 Å². The van der Waals surface area contributed by atoms with E-state index in [9.17, 15) is 52.7 Å². The van der Waals surface area contributed by atoms with Gasteiger partial charge in [-0.2, -0.15) is 22.7 Å². The van der Waals surface area contributed by atoms with E-state index in [2.05, 4.69) is 46.9 Å². The van der Waals surface area contributed by atoms with Gasteiger partial charge in [-0.05, 0) is 186 Å². The fourth-order valence-corrected chi connectivity index (χ4v) is 13.3. The van der Waals surface area contributed by atoms with E-state index in [4.69, 9.17) is 80.9 Å². The van der Waals surface area contributed by atoms with Crippen LogP contribution in [0.5, 0.6) is 23.0 Å². The number of thiophene rings is 4. The molecule has 0 saturated carbocycles. The number of carboxylic acid groups (broad SMARTS) is 5. The first-order valence-corrected chi connectivity index (χ1v) is 39.0.